The van der Waals surface area contributed by atoms with Gasteiger partial charge in [-0.1, -0.05) is 188 Å². The normalized spacial score (nSPS) is 11.4. The molecular weight excluding hydrogens is 1290 g/mol. The van der Waals surface area contributed by atoms with Crippen molar-refractivity contribution in [3.05, 3.63) is 362 Å². The number of aromatic nitrogens is 10. The molecule has 510 valence electrons. The predicted molar refractivity (Wildman–Crippen MR) is 434 cm³/mol. The van der Waals surface area contributed by atoms with E-state index in [9.17, 15) is 0 Å². The molecule has 5 heterocycles. The minimum absolute atomic E-state index is 0.665. The van der Waals surface area contributed by atoms with E-state index in [-0.39, 0.29) is 0 Å². The lowest BCUT2D eigenvalue weighted by Gasteiger charge is -2.21. The summed E-state index contributed by atoms with van der Waals surface area (Å²) in [5.41, 5.74) is 37.9. The molecule has 0 fully saturated rings. The minimum atomic E-state index is 0.665. The van der Waals surface area contributed by atoms with Gasteiger partial charge in [0.2, 0.25) is 0 Å². The average molecular weight is 1370 g/mol. The lowest BCUT2D eigenvalue weighted by atomic mass is 9.82. The molecule has 10 heteroatoms. The second-order valence-electron chi connectivity index (χ2n) is 27.5. The number of hydrogen-bond acceptors (Lipinski definition) is 6. The quantitative estimate of drug-likeness (QED) is 0.0956. The average Bonchev–Trinajstić information content (AvgIpc) is 0.848. The van der Waals surface area contributed by atoms with E-state index < -0.39 is 0 Å². The van der Waals surface area contributed by atoms with Crippen molar-refractivity contribution in [3.8, 4) is 157 Å². The highest BCUT2D eigenvalue weighted by molar-refractivity contribution is 6.01. The van der Waals surface area contributed by atoms with Gasteiger partial charge < -0.3 is 18.3 Å². The number of aryl methyl sites for hydroxylation is 4. The molecule has 12 aromatic carbocycles. The fourth-order valence-electron chi connectivity index (χ4n) is 15.0. The highest BCUT2D eigenvalue weighted by Gasteiger charge is 2.23. The molecule has 0 radical (unpaired) electrons. The molecule has 5 aromatic heterocycles. The Morgan fingerprint density at radius 3 is 0.651 bits per heavy atom. The van der Waals surface area contributed by atoms with Crippen LogP contribution in [0.1, 0.15) is 45.6 Å². The number of hydrogen-bond donors (Lipinski definition) is 0. The molecule has 10 nitrogen and oxygen atoms in total. The Kier molecular flexibility index (Phi) is 17.2. The fourth-order valence-corrected chi connectivity index (χ4v) is 15.0. The summed E-state index contributed by atoms with van der Waals surface area (Å²) in [5, 5.41) is 0. The molecule has 0 aliphatic rings. The molecular formula is C96H76N10. The standard InChI is InChI=1S/C96H76N10/c1-61-65(5)103(57-99-61)81-41-33-69(34-42-81)85-19-9-13-23-89(85)75-51-76(90-24-14-10-20-86(90)70-35-43-82(44-36-70)104-58-100-62(2)66(104)6)54-79(53-75)93-27-17-28-94(95(93)73-29-31-74(32-30-73)96-97-49-18-50-98-96)80-55-77(91-25-15-11-21-87(91)71-37-45-83(46-38-71)105-59-101-63(3)67(105)7)52-78(56-80)92-26-16-12-22-88(92)72-39-47-84(48-40-72)106-60-102-64(4)68(106)8/h9-60H,1-8H3. The van der Waals surface area contributed by atoms with E-state index in [0.717, 1.165) is 196 Å². The summed E-state index contributed by atoms with van der Waals surface area (Å²) < 4.78 is 8.63. The van der Waals surface area contributed by atoms with E-state index in [4.69, 9.17) is 9.97 Å². The minimum Gasteiger partial charge on any atom is -0.303 e. The van der Waals surface area contributed by atoms with Crippen molar-refractivity contribution < 1.29 is 0 Å². The van der Waals surface area contributed by atoms with Crippen LogP contribution in [0.25, 0.3) is 157 Å². The Morgan fingerprint density at radius 1 is 0.189 bits per heavy atom. The van der Waals surface area contributed by atoms with Crippen LogP contribution in [-0.4, -0.2) is 48.2 Å². The van der Waals surface area contributed by atoms with E-state index in [1.807, 2.05) is 31.4 Å². The molecule has 0 aliphatic heterocycles. The Hall–Kier alpha value is -13.4. The second kappa shape index (κ2) is 27.7. The molecule has 0 aliphatic carbocycles. The van der Waals surface area contributed by atoms with Gasteiger partial charge in [-0.05, 0) is 269 Å². The van der Waals surface area contributed by atoms with Crippen LogP contribution in [0.4, 0.5) is 0 Å². The molecule has 106 heavy (non-hydrogen) atoms. The van der Waals surface area contributed by atoms with Gasteiger partial charge in [0.25, 0.3) is 0 Å². The zero-order valence-corrected chi connectivity index (χ0v) is 60.5. The van der Waals surface area contributed by atoms with Crippen molar-refractivity contribution in [3.63, 3.8) is 0 Å². The van der Waals surface area contributed by atoms with Crippen molar-refractivity contribution in [2.45, 2.75) is 55.4 Å². The van der Waals surface area contributed by atoms with Gasteiger partial charge in [0, 0.05) is 63.5 Å². The zero-order chi connectivity index (χ0) is 72.1. The summed E-state index contributed by atoms with van der Waals surface area (Å²) in [7, 11) is 0. The van der Waals surface area contributed by atoms with Crippen LogP contribution >= 0.6 is 0 Å². The SMILES string of the molecule is Cc1ncn(-c2ccc(-c3ccccc3-c3cc(-c4ccccc4-c4ccc(-n5cnc(C)c5C)cc4)cc(-c4cccc(-c5cc(-c6ccccc6-c6ccc(-n7cnc(C)c7C)cc6)cc(-c6ccccc6-c6ccc(-n7cnc(C)c7C)cc6)c5)c4-c4ccc(-c5ncccn5)cc4)c3)cc2)c1C. The van der Waals surface area contributed by atoms with Crippen molar-refractivity contribution in [2.75, 3.05) is 0 Å². The van der Waals surface area contributed by atoms with Crippen molar-refractivity contribution >= 4 is 0 Å². The van der Waals surface area contributed by atoms with Gasteiger partial charge in [0.1, 0.15) is 0 Å². The lowest BCUT2D eigenvalue weighted by molar-refractivity contribution is 1.00. The molecule has 0 amide bonds. The van der Waals surface area contributed by atoms with E-state index in [1.54, 1.807) is 12.4 Å². The summed E-state index contributed by atoms with van der Waals surface area (Å²) in [6, 6.07) is 103. The van der Waals surface area contributed by atoms with E-state index in [0.29, 0.717) is 5.82 Å². The molecule has 0 saturated carbocycles. The maximum absolute atomic E-state index is 4.72. The third kappa shape index (κ3) is 12.3. The molecule has 0 spiro atoms. The zero-order valence-electron chi connectivity index (χ0n) is 60.5. The Morgan fingerprint density at radius 2 is 0.406 bits per heavy atom. The monoisotopic (exact) mass is 1370 g/mol. The number of nitrogens with zero attached hydrogens (tertiary/aromatic N) is 10. The summed E-state index contributed by atoms with van der Waals surface area (Å²) in [5.74, 6) is 0.665. The van der Waals surface area contributed by atoms with Crippen LogP contribution in [0, 0.1) is 55.4 Å². The molecule has 0 N–H and O–H groups in total. The molecule has 0 bridgehead atoms. The highest BCUT2D eigenvalue weighted by Crippen LogP contribution is 2.48. The van der Waals surface area contributed by atoms with Gasteiger partial charge in [0.15, 0.2) is 5.82 Å². The summed E-state index contributed by atoms with van der Waals surface area (Å²) in [6.07, 6.45) is 11.3. The first-order valence-electron chi connectivity index (χ1n) is 36.0. The van der Waals surface area contributed by atoms with Gasteiger partial charge in [0.05, 0.1) is 48.1 Å². The fraction of sp³-hybridized carbons (Fsp3) is 0.0833. The van der Waals surface area contributed by atoms with Crippen LogP contribution in [0.5, 0.6) is 0 Å². The smallest absolute Gasteiger partial charge is 0.159 e. The third-order valence-electron chi connectivity index (χ3n) is 21.3. The number of benzene rings is 12. The first kappa shape index (κ1) is 65.8. The first-order valence-corrected chi connectivity index (χ1v) is 36.0. The van der Waals surface area contributed by atoms with Crippen molar-refractivity contribution in [1.82, 2.24) is 48.2 Å². The van der Waals surface area contributed by atoms with Gasteiger partial charge in [-0.15, -0.1) is 0 Å². The van der Waals surface area contributed by atoms with E-state index >= 15 is 0 Å². The predicted octanol–water partition coefficient (Wildman–Crippen LogP) is 23.7. The second-order valence-corrected chi connectivity index (χ2v) is 27.5. The summed E-state index contributed by atoms with van der Waals surface area (Å²) in [4.78, 5) is 28.0. The van der Waals surface area contributed by atoms with Gasteiger partial charge in [-0.2, -0.15) is 0 Å². The van der Waals surface area contributed by atoms with Gasteiger partial charge in [-0.25, -0.2) is 29.9 Å². The van der Waals surface area contributed by atoms with Gasteiger partial charge >= 0.3 is 0 Å². The van der Waals surface area contributed by atoms with Crippen LogP contribution < -0.4 is 0 Å². The molecule has 17 rings (SSSR count). The van der Waals surface area contributed by atoms with E-state index in [1.165, 1.54) is 0 Å². The van der Waals surface area contributed by atoms with Crippen LogP contribution in [0.15, 0.2) is 317 Å². The molecule has 0 saturated heterocycles. The molecule has 17 aromatic rings. The maximum Gasteiger partial charge on any atom is 0.159 e. The van der Waals surface area contributed by atoms with Gasteiger partial charge in [-0.3, -0.25) is 0 Å². The Bertz CT molecular complexity index is 5490. The number of rotatable bonds is 16. The largest absolute Gasteiger partial charge is 0.303 e. The molecule has 0 unspecified atom stereocenters. The van der Waals surface area contributed by atoms with Crippen molar-refractivity contribution in [1.29, 1.82) is 0 Å². The topological polar surface area (TPSA) is 97.1 Å². The molecule has 0 atom stereocenters. The van der Waals surface area contributed by atoms with Crippen LogP contribution in [0.2, 0.25) is 0 Å². The Labute approximate surface area is 618 Å². The number of imidazole rings is 4. The van der Waals surface area contributed by atoms with Crippen molar-refractivity contribution in [2.24, 2.45) is 0 Å². The summed E-state index contributed by atoms with van der Waals surface area (Å²) in [6.45, 7) is 16.7. The lowest BCUT2D eigenvalue weighted by Crippen LogP contribution is -1.96. The summed E-state index contributed by atoms with van der Waals surface area (Å²) >= 11 is 0. The third-order valence-corrected chi connectivity index (χ3v) is 21.3. The van der Waals surface area contributed by atoms with Crippen LogP contribution in [0.3, 0.4) is 0 Å². The first-order chi connectivity index (χ1) is 51.8. The maximum atomic E-state index is 4.72. The highest BCUT2D eigenvalue weighted by atomic mass is 15.1. The Balaban J connectivity index is 0.890. The van der Waals surface area contributed by atoms with E-state index in [2.05, 4.69) is 367 Å². The van der Waals surface area contributed by atoms with Crippen LogP contribution in [-0.2, 0) is 0 Å².